The van der Waals surface area contributed by atoms with Gasteiger partial charge >= 0.3 is 13.9 Å². The maximum atomic E-state index is 14.9. The molecule has 33 heavy (non-hydrogen) atoms. The molecular formula is C16H17FN9O6P. The van der Waals surface area contributed by atoms with Gasteiger partial charge in [-0.1, -0.05) is 5.10 Å². The summed E-state index contributed by atoms with van der Waals surface area (Å²) in [5.41, 5.74) is 1.61. The highest BCUT2D eigenvalue weighted by Gasteiger charge is 2.35. The van der Waals surface area contributed by atoms with Crippen molar-refractivity contribution in [2.24, 2.45) is 7.05 Å². The minimum atomic E-state index is -4.70. The van der Waals surface area contributed by atoms with Crippen molar-refractivity contribution < 1.29 is 32.8 Å². The van der Waals surface area contributed by atoms with Crippen LogP contribution in [0.15, 0.2) is 18.2 Å². The Bertz CT molecular complexity index is 1250. The molecule has 2 aliphatic heterocycles. The second-order valence-electron chi connectivity index (χ2n) is 7.36. The number of aryl methyl sites for hydroxylation is 1. The summed E-state index contributed by atoms with van der Waals surface area (Å²) in [5, 5.41) is 20.6. The maximum Gasteiger partial charge on any atom is 0.469 e. The van der Waals surface area contributed by atoms with Gasteiger partial charge in [-0.3, -0.25) is 9.42 Å². The van der Waals surface area contributed by atoms with Gasteiger partial charge in [0.25, 0.3) is 5.95 Å². The van der Waals surface area contributed by atoms with Crippen LogP contribution >= 0.6 is 7.82 Å². The van der Waals surface area contributed by atoms with E-state index in [2.05, 4.69) is 30.1 Å². The molecule has 0 aliphatic carbocycles. The number of halogens is 1. The van der Waals surface area contributed by atoms with Gasteiger partial charge in [-0.15, -0.1) is 9.90 Å². The van der Waals surface area contributed by atoms with Crippen LogP contribution < -0.4 is 9.80 Å². The molecule has 15 nitrogen and oxygen atoms in total. The first-order valence-corrected chi connectivity index (χ1v) is 11.1. The van der Waals surface area contributed by atoms with Gasteiger partial charge in [0.2, 0.25) is 0 Å². The molecule has 1 atom stereocenters. The molecule has 0 spiro atoms. The summed E-state index contributed by atoms with van der Waals surface area (Å²) in [4.78, 5) is 35.2. The molecule has 2 aliphatic rings. The number of aromatic nitrogens is 7. The van der Waals surface area contributed by atoms with Crippen LogP contribution in [-0.4, -0.2) is 70.3 Å². The fourth-order valence-corrected chi connectivity index (χ4v) is 3.87. The summed E-state index contributed by atoms with van der Waals surface area (Å²) in [6.45, 7) is 0.256. The summed E-state index contributed by atoms with van der Waals surface area (Å²) in [6.07, 6.45) is -1.69. The Morgan fingerprint density at radius 1 is 1.24 bits per heavy atom. The Labute approximate surface area is 184 Å². The van der Waals surface area contributed by atoms with Crippen molar-refractivity contribution in [1.29, 1.82) is 0 Å². The van der Waals surface area contributed by atoms with E-state index in [1.807, 2.05) is 4.90 Å². The average molecular weight is 481 g/mol. The topological polar surface area (TPSA) is 174 Å². The molecule has 2 N–H and O–H groups in total. The SMILES string of the molecule is Cn1nnc(N2Cc3nn(-c4ccc(N5C[C@H](COP(=O)(O)O)OC5=O)cc4F)nc3C2)n1. The minimum absolute atomic E-state index is 0.0574. The molecule has 0 saturated carbocycles. The van der Waals surface area contributed by atoms with Crippen LogP contribution in [0.4, 0.5) is 20.8 Å². The number of phosphoric ester groups is 1. The Balaban J connectivity index is 1.29. The van der Waals surface area contributed by atoms with E-state index in [4.69, 9.17) is 14.5 Å². The van der Waals surface area contributed by atoms with Crippen molar-refractivity contribution in [2.75, 3.05) is 23.0 Å². The van der Waals surface area contributed by atoms with Gasteiger partial charge in [0, 0.05) is 6.07 Å². The van der Waals surface area contributed by atoms with Crippen molar-refractivity contribution in [3.8, 4) is 5.69 Å². The normalized spacial score (nSPS) is 18.2. The zero-order valence-corrected chi connectivity index (χ0v) is 17.9. The zero-order chi connectivity index (χ0) is 23.3. The molecule has 0 radical (unpaired) electrons. The number of fused-ring (bicyclic) bond motifs is 1. The summed E-state index contributed by atoms with van der Waals surface area (Å²) in [6, 6.07) is 4.05. The summed E-state index contributed by atoms with van der Waals surface area (Å²) in [7, 11) is -3.04. The number of tetrazole rings is 1. The first-order valence-electron chi connectivity index (χ1n) is 9.58. The van der Waals surface area contributed by atoms with Crippen molar-refractivity contribution >= 4 is 25.6 Å². The predicted octanol–water partition coefficient (Wildman–Crippen LogP) is -0.115. The molecule has 1 aromatic carbocycles. The van der Waals surface area contributed by atoms with E-state index in [0.29, 0.717) is 30.4 Å². The number of carbonyl (C=O) groups is 1. The molecule has 174 valence electrons. The highest BCUT2D eigenvalue weighted by atomic mass is 31.2. The van der Waals surface area contributed by atoms with Gasteiger partial charge < -0.3 is 19.4 Å². The molecule has 1 amide bonds. The van der Waals surface area contributed by atoms with Crippen LogP contribution in [0, 0.1) is 5.82 Å². The van der Waals surface area contributed by atoms with Gasteiger partial charge in [0.15, 0.2) is 5.82 Å². The summed E-state index contributed by atoms with van der Waals surface area (Å²) < 4.78 is 35.1. The van der Waals surface area contributed by atoms with Crippen LogP contribution in [0.3, 0.4) is 0 Å². The summed E-state index contributed by atoms with van der Waals surface area (Å²) >= 11 is 0. The lowest BCUT2D eigenvalue weighted by Crippen LogP contribution is -2.26. The molecule has 1 saturated heterocycles. The summed E-state index contributed by atoms with van der Waals surface area (Å²) in [5.74, 6) is -0.224. The van der Waals surface area contributed by atoms with Crippen LogP contribution in [0.25, 0.3) is 5.69 Å². The predicted molar refractivity (Wildman–Crippen MR) is 106 cm³/mol. The largest absolute Gasteiger partial charge is 0.469 e. The molecule has 5 rings (SSSR count). The minimum Gasteiger partial charge on any atom is -0.441 e. The molecule has 0 unspecified atom stereocenters. The number of cyclic esters (lactones) is 1. The average Bonchev–Trinajstić information content (AvgIpc) is 3.49. The second-order valence-corrected chi connectivity index (χ2v) is 8.60. The smallest absolute Gasteiger partial charge is 0.441 e. The Morgan fingerprint density at radius 3 is 2.58 bits per heavy atom. The van der Waals surface area contributed by atoms with Crippen LogP contribution in [0.1, 0.15) is 11.4 Å². The van der Waals surface area contributed by atoms with Crippen molar-refractivity contribution in [3.05, 3.63) is 35.4 Å². The number of amides is 1. The molecule has 4 heterocycles. The van der Waals surface area contributed by atoms with Gasteiger partial charge in [-0.05, 0) is 17.3 Å². The van der Waals surface area contributed by atoms with Gasteiger partial charge in [0.1, 0.15) is 23.2 Å². The van der Waals surface area contributed by atoms with Crippen molar-refractivity contribution in [1.82, 2.24) is 35.2 Å². The lowest BCUT2D eigenvalue weighted by atomic mass is 10.2. The van der Waals surface area contributed by atoms with E-state index in [9.17, 15) is 13.8 Å². The molecular weight excluding hydrogens is 464 g/mol. The fourth-order valence-electron chi connectivity index (χ4n) is 3.50. The quantitative estimate of drug-likeness (QED) is 0.448. The molecule has 1 fully saturated rings. The Morgan fingerprint density at radius 2 is 1.97 bits per heavy atom. The Hall–Kier alpha value is -3.46. The highest BCUT2D eigenvalue weighted by molar-refractivity contribution is 7.46. The third-order valence-corrected chi connectivity index (χ3v) is 5.47. The number of rotatable bonds is 6. The number of hydrogen-bond donors (Lipinski definition) is 2. The molecule has 2 aromatic heterocycles. The lowest BCUT2D eigenvalue weighted by Gasteiger charge is -2.14. The third kappa shape index (κ3) is 4.28. The first-order chi connectivity index (χ1) is 15.7. The molecule has 17 heteroatoms. The number of ether oxygens (including phenoxy) is 1. The maximum absolute atomic E-state index is 14.9. The van der Waals surface area contributed by atoms with E-state index >= 15 is 0 Å². The van der Waals surface area contributed by atoms with Gasteiger partial charge in [0.05, 0.1) is 39.0 Å². The van der Waals surface area contributed by atoms with E-state index in [1.165, 1.54) is 21.7 Å². The van der Waals surface area contributed by atoms with Gasteiger partial charge in [-0.25, -0.2) is 13.8 Å². The standard InChI is InChI=1S/C16H17FN9O6P/c1-23-21-15(18-22-23)24-6-12-13(7-24)20-26(19-12)14-3-2-9(4-11(14)17)25-5-10(32-16(25)27)8-31-33(28,29)30/h2-4,10H,5-8H2,1H3,(H2,28,29,30)/t10-/m1/s1. The van der Waals surface area contributed by atoms with E-state index in [0.717, 1.165) is 11.0 Å². The number of benzene rings is 1. The fraction of sp³-hybridized carbons (Fsp3) is 0.375. The number of carbonyl (C=O) groups excluding carboxylic acids is 1. The lowest BCUT2D eigenvalue weighted by molar-refractivity contribution is 0.0880. The van der Waals surface area contributed by atoms with Crippen LogP contribution in [-0.2, 0) is 34.0 Å². The third-order valence-electron chi connectivity index (χ3n) is 4.99. The number of hydrogen-bond acceptors (Lipinski definition) is 10. The number of phosphoric acid groups is 1. The van der Waals surface area contributed by atoms with E-state index in [-0.39, 0.29) is 17.9 Å². The van der Waals surface area contributed by atoms with E-state index < -0.39 is 32.4 Å². The molecule has 0 bridgehead atoms. The van der Waals surface area contributed by atoms with Crippen molar-refractivity contribution in [2.45, 2.75) is 19.2 Å². The monoisotopic (exact) mass is 481 g/mol. The molecule has 3 aromatic rings. The first kappa shape index (κ1) is 21.4. The zero-order valence-electron chi connectivity index (χ0n) is 17.0. The van der Waals surface area contributed by atoms with Crippen LogP contribution in [0.2, 0.25) is 0 Å². The van der Waals surface area contributed by atoms with E-state index in [1.54, 1.807) is 7.05 Å². The second kappa shape index (κ2) is 7.84. The number of nitrogens with zero attached hydrogens (tertiary/aromatic N) is 9. The van der Waals surface area contributed by atoms with Crippen molar-refractivity contribution in [3.63, 3.8) is 0 Å². The van der Waals surface area contributed by atoms with Gasteiger partial charge in [-0.2, -0.15) is 15.0 Å². The van der Waals surface area contributed by atoms with Crippen LogP contribution in [0.5, 0.6) is 0 Å². The Kier molecular flexibility index (Phi) is 5.08. The highest BCUT2D eigenvalue weighted by Crippen LogP contribution is 2.36. The number of anilines is 2.